The minimum absolute atomic E-state index is 0.112. The van der Waals surface area contributed by atoms with Crippen LogP contribution in [0.3, 0.4) is 0 Å². The van der Waals surface area contributed by atoms with Crippen molar-refractivity contribution in [3.8, 4) is 11.4 Å². The zero-order valence-electron chi connectivity index (χ0n) is 19.6. The maximum atomic E-state index is 13.5. The van der Waals surface area contributed by atoms with Crippen LogP contribution in [-0.4, -0.2) is 61.4 Å². The lowest BCUT2D eigenvalue weighted by molar-refractivity contribution is -0.122. The Morgan fingerprint density at radius 1 is 1.11 bits per heavy atom. The molecule has 10 nitrogen and oxygen atoms in total. The first kappa shape index (κ1) is 23.0. The van der Waals surface area contributed by atoms with Crippen molar-refractivity contribution in [1.29, 1.82) is 0 Å². The fourth-order valence-electron chi connectivity index (χ4n) is 4.96. The number of ether oxygens (including phenoxy) is 1. The number of fused-ring (bicyclic) bond motifs is 4. The molecule has 2 aromatic carbocycles. The van der Waals surface area contributed by atoms with Crippen molar-refractivity contribution in [2.75, 3.05) is 35.8 Å². The van der Waals surface area contributed by atoms with Gasteiger partial charge in [-0.15, -0.1) is 0 Å². The average molecular weight is 507 g/mol. The van der Waals surface area contributed by atoms with E-state index >= 15 is 0 Å². The van der Waals surface area contributed by atoms with Gasteiger partial charge in [0.15, 0.2) is 21.5 Å². The molecule has 0 aliphatic carbocycles. The Labute approximate surface area is 208 Å². The summed E-state index contributed by atoms with van der Waals surface area (Å²) < 4.78 is 29.3. The standard InChI is InChI=1S/C25H24N5O5S/c1-36(33,34)20-6-2-16(3-7-20)12-30-21-11-26-23(17-4-5-18-13-28(32)14-19(18)10-17)27-24(21)29-8-9-35-15-22(29)25(30)31/h2-7,10-11,22H,8-9,12-15H2,1H3/q-1. The Kier molecular flexibility index (Phi) is 5.52. The normalized spacial score (nSPS) is 19.7. The van der Waals surface area contributed by atoms with Crippen LogP contribution in [0.1, 0.15) is 16.7 Å². The van der Waals surface area contributed by atoms with Crippen LogP contribution in [0.25, 0.3) is 11.4 Å². The van der Waals surface area contributed by atoms with E-state index in [9.17, 15) is 18.4 Å². The summed E-state index contributed by atoms with van der Waals surface area (Å²) in [4.78, 5) is 26.8. The van der Waals surface area contributed by atoms with Gasteiger partial charge in [-0.3, -0.25) is 4.79 Å². The van der Waals surface area contributed by atoms with E-state index in [2.05, 4.69) is 4.98 Å². The topological polar surface area (TPSA) is 119 Å². The molecule has 0 radical (unpaired) electrons. The van der Waals surface area contributed by atoms with E-state index in [0.29, 0.717) is 43.6 Å². The molecule has 3 aliphatic heterocycles. The zero-order valence-corrected chi connectivity index (χ0v) is 20.4. The third-order valence-corrected chi connectivity index (χ3v) is 7.97. The Bertz CT molecular complexity index is 1460. The van der Waals surface area contributed by atoms with E-state index in [1.807, 2.05) is 23.1 Å². The summed E-state index contributed by atoms with van der Waals surface area (Å²) in [7, 11) is -3.31. The second-order valence-electron chi connectivity index (χ2n) is 9.31. The summed E-state index contributed by atoms with van der Waals surface area (Å²) in [5.74, 6) is 1.07. The summed E-state index contributed by atoms with van der Waals surface area (Å²) in [5.41, 5.74) is 4.19. The molecule has 36 heavy (non-hydrogen) atoms. The van der Waals surface area contributed by atoms with Crippen LogP contribution in [0.15, 0.2) is 53.6 Å². The molecule has 3 aromatic rings. The number of benzene rings is 2. The van der Waals surface area contributed by atoms with E-state index < -0.39 is 15.9 Å². The van der Waals surface area contributed by atoms with Gasteiger partial charge in [-0.25, -0.2) is 18.4 Å². The first-order valence-electron chi connectivity index (χ1n) is 11.6. The van der Waals surface area contributed by atoms with Crippen LogP contribution in [0, 0.1) is 5.21 Å². The lowest BCUT2D eigenvalue weighted by Gasteiger charge is -2.44. The number of sulfone groups is 1. The van der Waals surface area contributed by atoms with E-state index in [1.165, 1.54) is 0 Å². The molecule has 1 saturated heterocycles. The van der Waals surface area contributed by atoms with E-state index in [0.717, 1.165) is 33.6 Å². The van der Waals surface area contributed by atoms with Crippen molar-refractivity contribution >= 4 is 27.2 Å². The van der Waals surface area contributed by atoms with Gasteiger partial charge in [-0.1, -0.05) is 24.3 Å². The Morgan fingerprint density at radius 2 is 1.89 bits per heavy atom. The van der Waals surface area contributed by atoms with Gasteiger partial charge < -0.3 is 24.8 Å². The lowest BCUT2D eigenvalue weighted by atomic mass is 10.1. The van der Waals surface area contributed by atoms with Crippen LogP contribution in [0.2, 0.25) is 0 Å². The highest BCUT2D eigenvalue weighted by atomic mass is 32.2. The zero-order chi connectivity index (χ0) is 25.0. The summed E-state index contributed by atoms with van der Waals surface area (Å²) >= 11 is 0. The number of carbonyl (C=O) groups is 1. The monoisotopic (exact) mass is 506 g/mol. The maximum absolute atomic E-state index is 13.5. The van der Waals surface area contributed by atoms with Crippen molar-refractivity contribution in [1.82, 2.24) is 15.0 Å². The molecule has 6 rings (SSSR count). The molecule has 0 spiro atoms. The number of carbonyl (C=O) groups excluding carboxylic acids is 1. The number of hydrogen-bond donors (Lipinski definition) is 0. The first-order chi connectivity index (χ1) is 17.3. The summed E-state index contributed by atoms with van der Waals surface area (Å²) in [6.07, 6.45) is 2.83. The van der Waals surface area contributed by atoms with Gasteiger partial charge in [0.1, 0.15) is 11.7 Å². The summed E-state index contributed by atoms with van der Waals surface area (Å²) in [5, 5.41) is 12.8. The number of nitrogens with zero attached hydrogens (tertiary/aromatic N) is 5. The van der Waals surface area contributed by atoms with Crippen LogP contribution in [0.4, 0.5) is 11.5 Å². The Hall–Kier alpha value is -3.38. The molecule has 0 saturated carbocycles. The third kappa shape index (κ3) is 4.03. The fourth-order valence-corrected chi connectivity index (χ4v) is 5.59. The highest BCUT2D eigenvalue weighted by Crippen LogP contribution is 2.38. The lowest BCUT2D eigenvalue weighted by Crippen LogP contribution is -2.58. The Morgan fingerprint density at radius 3 is 2.67 bits per heavy atom. The van der Waals surface area contributed by atoms with Gasteiger partial charge in [-0.05, 0) is 34.9 Å². The Balaban J connectivity index is 1.37. The highest BCUT2D eigenvalue weighted by Gasteiger charge is 2.41. The van der Waals surface area contributed by atoms with Gasteiger partial charge in [0.05, 0.1) is 30.9 Å². The van der Waals surface area contributed by atoms with Gasteiger partial charge >= 0.3 is 0 Å². The fraction of sp³-hybridized carbons (Fsp3) is 0.320. The quantitative estimate of drug-likeness (QED) is 0.524. The van der Waals surface area contributed by atoms with Crippen molar-refractivity contribution in [3.63, 3.8) is 0 Å². The maximum Gasteiger partial charge on any atom is 0.252 e. The molecule has 1 atom stereocenters. The van der Waals surface area contributed by atoms with E-state index in [-0.39, 0.29) is 24.0 Å². The third-order valence-electron chi connectivity index (χ3n) is 6.84. The molecule has 1 unspecified atom stereocenters. The van der Waals surface area contributed by atoms with E-state index in [1.54, 1.807) is 35.4 Å². The molecule has 11 heteroatoms. The molecule has 186 valence electrons. The molecule has 0 bridgehead atoms. The second-order valence-corrected chi connectivity index (χ2v) is 11.3. The highest BCUT2D eigenvalue weighted by molar-refractivity contribution is 7.90. The van der Waals surface area contributed by atoms with Crippen LogP contribution in [-0.2, 0) is 39.0 Å². The number of anilines is 2. The predicted octanol–water partition coefficient (Wildman–Crippen LogP) is 2.11. The molecule has 3 aliphatic rings. The van der Waals surface area contributed by atoms with Gasteiger partial charge in [0.2, 0.25) is 0 Å². The number of hydrogen-bond acceptors (Lipinski definition) is 9. The van der Waals surface area contributed by atoms with Crippen molar-refractivity contribution < 1.29 is 17.9 Å². The van der Waals surface area contributed by atoms with Crippen LogP contribution < -0.4 is 9.80 Å². The largest absolute Gasteiger partial charge is 0.785 e. The SMILES string of the molecule is CS(=O)(=O)c1ccc(CN2C(=O)C3COCCN3c3nc(-c4ccc5c(c4)CN([O-])C5)ncc32)cc1. The van der Waals surface area contributed by atoms with Crippen molar-refractivity contribution in [2.24, 2.45) is 0 Å². The minimum Gasteiger partial charge on any atom is -0.785 e. The first-order valence-corrected chi connectivity index (χ1v) is 13.5. The smallest absolute Gasteiger partial charge is 0.252 e. The number of amides is 1. The van der Waals surface area contributed by atoms with Crippen molar-refractivity contribution in [3.05, 3.63) is 70.6 Å². The molecule has 1 aromatic heterocycles. The van der Waals surface area contributed by atoms with Crippen LogP contribution in [0.5, 0.6) is 0 Å². The molecular formula is C25H24N5O5S-. The molecule has 1 fully saturated rings. The van der Waals surface area contributed by atoms with Gasteiger partial charge in [0.25, 0.3) is 5.91 Å². The summed E-state index contributed by atoms with van der Waals surface area (Å²) in [6, 6.07) is 11.8. The minimum atomic E-state index is -3.31. The molecule has 0 N–H and O–H groups in total. The molecular weight excluding hydrogens is 482 g/mol. The number of rotatable bonds is 4. The van der Waals surface area contributed by atoms with Crippen molar-refractivity contribution in [2.45, 2.75) is 30.6 Å². The average Bonchev–Trinajstić information content (AvgIpc) is 3.25. The number of morpholine rings is 1. The predicted molar refractivity (Wildman–Crippen MR) is 133 cm³/mol. The molecule has 1 amide bonds. The number of aromatic nitrogens is 2. The van der Waals surface area contributed by atoms with Gasteiger partial charge in [-0.2, -0.15) is 0 Å². The summed E-state index contributed by atoms with van der Waals surface area (Å²) in [6.45, 7) is 2.28. The second kappa shape index (κ2) is 8.63. The number of hydroxylamine groups is 2. The van der Waals surface area contributed by atoms with Gasteiger partial charge in [0, 0.05) is 31.5 Å². The molecule has 4 heterocycles. The van der Waals surface area contributed by atoms with Crippen LogP contribution >= 0.6 is 0 Å². The van der Waals surface area contributed by atoms with E-state index in [4.69, 9.17) is 9.72 Å².